The molecule has 0 spiro atoms. The molecule has 0 aromatic carbocycles. The molecule has 0 bridgehead atoms. The van der Waals surface area contributed by atoms with E-state index in [-0.39, 0.29) is 12.4 Å². The van der Waals surface area contributed by atoms with E-state index in [0.29, 0.717) is 19.4 Å². The average molecular weight is 200 g/mol. The molecule has 1 N–H and O–H groups in total. The smallest absolute Gasteiger partial charge is 0.157 e. The van der Waals surface area contributed by atoms with Crippen molar-refractivity contribution in [2.75, 3.05) is 13.2 Å². The van der Waals surface area contributed by atoms with Gasteiger partial charge in [0.25, 0.3) is 0 Å². The molecule has 0 amide bonds. The van der Waals surface area contributed by atoms with Gasteiger partial charge in [0.2, 0.25) is 0 Å². The molecule has 14 heavy (non-hydrogen) atoms. The predicted molar refractivity (Wildman–Crippen MR) is 55.0 cm³/mol. The molecule has 0 radical (unpaired) electrons. The fourth-order valence-electron chi connectivity index (χ4n) is 1.49. The van der Waals surface area contributed by atoms with Crippen molar-refractivity contribution < 1.29 is 14.6 Å². The summed E-state index contributed by atoms with van der Waals surface area (Å²) in [5.41, 5.74) is 0. The largest absolute Gasteiger partial charge is 0.393 e. The summed E-state index contributed by atoms with van der Waals surface area (Å²) >= 11 is 0. The minimum absolute atomic E-state index is 0.0420. The van der Waals surface area contributed by atoms with Crippen molar-refractivity contribution in [3.8, 4) is 0 Å². The van der Waals surface area contributed by atoms with Gasteiger partial charge in [0.1, 0.15) is 0 Å². The normalized spacial score (nSPS) is 24.5. The SMILES string of the molecule is C=CC[C@@H](O)CCOC1CCCCO1. The third kappa shape index (κ3) is 4.74. The first-order valence-electron chi connectivity index (χ1n) is 5.35. The monoisotopic (exact) mass is 200 g/mol. The fraction of sp³-hybridized carbons (Fsp3) is 0.818. The molecule has 1 unspecified atom stereocenters. The summed E-state index contributed by atoms with van der Waals surface area (Å²) in [6, 6.07) is 0. The summed E-state index contributed by atoms with van der Waals surface area (Å²) in [6.45, 7) is 4.95. The Hall–Kier alpha value is -0.380. The molecule has 3 nitrogen and oxygen atoms in total. The molecule has 1 rings (SSSR count). The molecule has 2 atom stereocenters. The molecular formula is C11H20O3. The van der Waals surface area contributed by atoms with E-state index in [0.717, 1.165) is 19.4 Å². The van der Waals surface area contributed by atoms with Gasteiger partial charge in [-0.25, -0.2) is 0 Å². The van der Waals surface area contributed by atoms with Crippen LogP contribution in [0.1, 0.15) is 32.1 Å². The van der Waals surface area contributed by atoms with Crippen LogP contribution >= 0.6 is 0 Å². The van der Waals surface area contributed by atoms with Crippen molar-refractivity contribution >= 4 is 0 Å². The van der Waals surface area contributed by atoms with Crippen molar-refractivity contribution in [2.45, 2.75) is 44.5 Å². The Labute approximate surface area is 85.7 Å². The third-order valence-corrected chi connectivity index (χ3v) is 2.33. The van der Waals surface area contributed by atoms with Crippen LogP contribution in [0.15, 0.2) is 12.7 Å². The van der Waals surface area contributed by atoms with Crippen LogP contribution in [-0.4, -0.2) is 30.7 Å². The zero-order valence-corrected chi connectivity index (χ0v) is 8.65. The highest BCUT2D eigenvalue weighted by Crippen LogP contribution is 2.14. The summed E-state index contributed by atoms with van der Waals surface area (Å²) in [5, 5.41) is 9.39. The van der Waals surface area contributed by atoms with Crippen LogP contribution in [0.2, 0.25) is 0 Å². The van der Waals surface area contributed by atoms with Gasteiger partial charge in [-0.2, -0.15) is 0 Å². The Morgan fingerprint density at radius 3 is 3.07 bits per heavy atom. The lowest BCUT2D eigenvalue weighted by Crippen LogP contribution is -2.23. The van der Waals surface area contributed by atoms with E-state index in [1.165, 1.54) is 6.42 Å². The average Bonchev–Trinajstić information content (AvgIpc) is 2.20. The van der Waals surface area contributed by atoms with Gasteiger partial charge in [0.15, 0.2) is 6.29 Å². The lowest BCUT2D eigenvalue weighted by atomic mass is 10.2. The number of aliphatic hydroxyl groups excluding tert-OH is 1. The Bertz CT molecular complexity index is 153. The maximum Gasteiger partial charge on any atom is 0.157 e. The molecule has 1 fully saturated rings. The van der Waals surface area contributed by atoms with Crippen molar-refractivity contribution in [3.63, 3.8) is 0 Å². The van der Waals surface area contributed by atoms with Crippen molar-refractivity contribution in [2.24, 2.45) is 0 Å². The standard InChI is InChI=1S/C11H20O3/c1-2-5-10(12)7-9-14-11-6-3-4-8-13-11/h2,10-12H,1,3-9H2/t10-,11?/m1/s1. The molecule has 0 saturated carbocycles. The quantitative estimate of drug-likeness (QED) is 0.665. The highest BCUT2D eigenvalue weighted by atomic mass is 16.7. The first-order valence-corrected chi connectivity index (χ1v) is 5.35. The lowest BCUT2D eigenvalue weighted by Gasteiger charge is -2.23. The zero-order chi connectivity index (χ0) is 10.2. The third-order valence-electron chi connectivity index (χ3n) is 2.33. The minimum Gasteiger partial charge on any atom is -0.393 e. The van der Waals surface area contributed by atoms with Gasteiger partial charge in [0.05, 0.1) is 12.7 Å². The van der Waals surface area contributed by atoms with E-state index >= 15 is 0 Å². The van der Waals surface area contributed by atoms with Gasteiger partial charge in [-0.3, -0.25) is 0 Å². The van der Waals surface area contributed by atoms with E-state index in [9.17, 15) is 5.11 Å². The summed E-state index contributed by atoms with van der Waals surface area (Å²) in [5.74, 6) is 0. The van der Waals surface area contributed by atoms with Gasteiger partial charge in [-0.05, 0) is 32.1 Å². The summed E-state index contributed by atoms with van der Waals surface area (Å²) < 4.78 is 10.9. The zero-order valence-electron chi connectivity index (χ0n) is 8.65. The molecule has 0 aliphatic carbocycles. The van der Waals surface area contributed by atoms with Gasteiger partial charge >= 0.3 is 0 Å². The second-order valence-corrected chi connectivity index (χ2v) is 3.63. The van der Waals surface area contributed by atoms with Gasteiger partial charge in [0, 0.05) is 6.61 Å². The topological polar surface area (TPSA) is 38.7 Å². The summed E-state index contributed by atoms with van der Waals surface area (Å²) in [7, 11) is 0. The Morgan fingerprint density at radius 1 is 1.57 bits per heavy atom. The van der Waals surface area contributed by atoms with Crippen molar-refractivity contribution in [3.05, 3.63) is 12.7 Å². The maximum absolute atomic E-state index is 9.39. The second-order valence-electron chi connectivity index (χ2n) is 3.63. The highest BCUT2D eigenvalue weighted by Gasteiger charge is 2.14. The molecule has 1 aliphatic heterocycles. The van der Waals surface area contributed by atoms with Gasteiger partial charge in [-0.15, -0.1) is 6.58 Å². The van der Waals surface area contributed by atoms with Crippen LogP contribution in [-0.2, 0) is 9.47 Å². The minimum atomic E-state index is -0.323. The first-order chi connectivity index (χ1) is 6.83. The molecule has 0 aromatic heterocycles. The predicted octanol–water partition coefficient (Wildman–Crippen LogP) is 1.86. The highest BCUT2D eigenvalue weighted by molar-refractivity contribution is 4.71. The van der Waals surface area contributed by atoms with E-state index in [1.54, 1.807) is 6.08 Å². The number of aliphatic hydroxyl groups is 1. The van der Waals surface area contributed by atoms with Crippen molar-refractivity contribution in [1.82, 2.24) is 0 Å². The molecular weight excluding hydrogens is 180 g/mol. The van der Waals surface area contributed by atoms with Crippen LogP contribution in [0.4, 0.5) is 0 Å². The van der Waals surface area contributed by atoms with E-state index < -0.39 is 0 Å². The van der Waals surface area contributed by atoms with E-state index in [2.05, 4.69) is 6.58 Å². The Balaban J connectivity index is 1.99. The Kier molecular flexibility index (Phi) is 5.83. The molecule has 0 aromatic rings. The molecule has 1 heterocycles. The molecule has 1 saturated heterocycles. The Morgan fingerprint density at radius 2 is 2.43 bits per heavy atom. The van der Waals surface area contributed by atoms with Crippen LogP contribution in [0.3, 0.4) is 0 Å². The van der Waals surface area contributed by atoms with Crippen LogP contribution in [0, 0.1) is 0 Å². The fourth-order valence-corrected chi connectivity index (χ4v) is 1.49. The van der Waals surface area contributed by atoms with Crippen LogP contribution < -0.4 is 0 Å². The second kappa shape index (κ2) is 6.98. The summed E-state index contributed by atoms with van der Waals surface area (Å²) in [4.78, 5) is 0. The lowest BCUT2D eigenvalue weighted by molar-refractivity contribution is -0.165. The van der Waals surface area contributed by atoms with E-state index in [1.807, 2.05) is 0 Å². The van der Waals surface area contributed by atoms with E-state index in [4.69, 9.17) is 9.47 Å². The summed E-state index contributed by atoms with van der Waals surface area (Å²) in [6.07, 6.45) is 5.95. The maximum atomic E-state index is 9.39. The van der Waals surface area contributed by atoms with Crippen LogP contribution in [0.25, 0.3) is 0 Å². The molecule has 82 valence electrons. The van der Waals surface area contributed by atoms with Crippen molar-refractivity contribution in [1.29, 1.82) is 0 Å². The number of hydrogen-bond acceptors (Lipinski definition) is 3. The van der Waals surface area contributed by atoms with Crippen LogP contribution in [0.5, 0.6) is 0 Å². The van der Waals surface area contributed by atoms with Gasteiger partial charge < -0.3 is 14.6 Å². The number of hydrogen-bond donors (Lipinski definition) is 1. The molecule has 1 aliphatic rings. The number of rotatable bonds is 6. The first kappa shape index (κ1) is 11.7. The van der Waals surface area contributed by atoms with Gasteiger partial charge in [-0.1, -0.05) is 6.08 Å². The molecule has 3 heteroatoms. The number of ether oxygens (including phenoxy) is 2.